The van der Waals surface area contributed by atoms with Gasteiger partial charge in [-0.1, -0.05) is 170 Å². The lowest BCUT2D eigenvalue weighted by Gasteiger charge is -2.41. The maximum absolute atomic E-state index is 6.73. The SMILES string of the molecule is C1=CC2=C(CC1)C1(c3ccccc3Oc3ccc(C4=CCC(C5=NC(c6ccc(-c7ccccc7)c7ccccc67)=NC(c6ccccc6)N5)C=C4)cc31)c1ccccc12. The Morgan fingerprint density at radius 3 is 2.15 bits per heavy atom. The van der Waals surface area contributed by atoms with Gasteiger partial charge in [0.25, 0.3) is 0 Å². The first-order valence-corrected chi connectivity index (χ1v) is 21.1. The first-order valence-electron chi connectivity index (χ1n) is 21.1. The van der Waals surface area contributed by atoms with E-state index < -0.39 is 5.41 Å². The molecule has 1 N–H and O–H groups in total. The third-order valence-electron chi connectivity index (χ3n) is 13.1. The van der Waals surface area contributed by atoms with Crippen LogP contribution in [0.1, 0.15) is 64.4 Å². The quantitative estimate of drug-likeness (QED) is 0.189. The Bertz CT molecular complexity index is 3080. The highest BCUT2D eigenvalue weighted by Crippen LogP contribution is 2.63. The summed E-state index contributed by atoms with van der Waals surface area (Å²) < 4.78 is 6.73. The molecule has 4 heteroatoms. The number of para-hydroxylation sites is 1. The van der Waals surface area contributed by atoms with Gasteiger partial charge in [-0.15, -0.1) is 0 Å². The van der Waals surface area contributed by atoms with Gasteiger partial charge in [0.15, 0.2) is 5.84 Å². The summed E-state index contributed by atoms with van der Waals surface area (Å²) in [5.41, 5.74) is 14.5. The molecule has 12 rings (SSSR count). The predicted octanol–water partition coefficient (Wildman–Crippen LogP) is 13.2. The number of nitrogens with one attached hydrogen (secondary N) is 1. The van der Waals surface area contributed by atoms with E-state index in [0.717, 1.165) is 58.9 Å². The van der Waals surface area contributed by atoms with E-state index in [2.05, 4.69) is 199 Å². The standard InChI is InChI=1S/C56H41N3O/c1-3-15-37(16-4-1)41-32-33-46(43-20-8-7-19-42(41)43)55-58-53(38-17-5-2-6-18-38)57-54(59-55)39-29-27-36(28-30-39)40-31-34-52-50(35-40)56(49-25-13-14-26-51(49)60-52)47-23-11-9-21-44(47)45-22-10-12-24-48(45)56/h1-11,13-23,25-29,31-35,39,53H,12,24,30H2,(H,57,58,59). The molecule has 0 bridgehead atoms. The Morgan fingerprint density at radius 1 is 0.600 bits per heavy atom. The lowest BCUT2D eigenvalue weighted by molar-refractivity contribution is 0.432. The third kappa shape index (κ3) is 5.37. The third-order valence-corrected chi connectivity index (χ3v) is 13.1. The minimum atomic E-state index is -0.412. The molecule has 3 unspecified atom stereocenters. The van der Waals surface area contributed by atoms with E-state index in [9.17, 15) is 0 Å². The van der Waals surface area contributed by atoms with Gasteiger partial charge < -0.3 is 10.1 Å². The molecule has 7 aromatic rings. The van der Waals surface area contributed by atoms with Crippen molar-refractivity contribution in [3.8, 4) is 22.6 Å². The van der Waals surface area contributed by atoms with Crippen LogP contribution in [-0.4, -0.2) is 11.7 Å². The second-order valence-corrected chi connectivity index (χ2v) is 16.3. The summed E-state index contributed by atoms with van der Waals surface area (Å²) in [6, 6.07) is 58.6. The second kappa shape index (κ2) is 13.9. The number of ether oxygens (including phenoxy) is 1. The Hall–Kier alpha value is -7.30. The number of amidine groups is 2. The summed E-state index contributed by atoms with van der Waals surface area (Å²) in [6.45, 7) is 0. The first-order chi connectivity index (χ1) is 29.7. The van der Waals surface area contributed by atoms with Crippen molar-refractivity contribution in [3.63, 3.8) is 0 Å². The maximum Gasteiger partial charge on any atom is 0.159 e. The highest BCUT2D eigenvalue weighted by Gasteiger charge is 2.52. The van der Waals surface area contributed by atoms with Crippen LogP contribution in [0.15, 0.2) is 210 Å². The molecule has 0 radical (unpaired) electrons. The van der Waals surface area contributed by atoms with Crippen molar-refractivity contribution < 1.29 is 4.74 Å². The number of rotatable bonds is 5. The van der Waals surface area contributed by atoms with Crippen LogP contribution in [0.2, 0.25) is 0 Å². The van der Waals surface area contributed by atoms with Crippen molar-refractivity contribution in [1.29, 1.82) is 0 Å². The van der Waals surface area contributed by atoms with Crippen molar-refractivity contribution in [3.05, 3.63) is 239 Å². The van der Waals surface area contributed by atoms with Gasteiger partial charge in [-0.05, 0) is 104 Å². The fraction of sp³-hybridized carbons (Fsp3) is 0.107. The van der Waals surface area contributed by atoms with Crippen LogP contribution in [0.4, 0.5) is 0 Å². The van der Waals surface area contributed by atoms with Crippen LogP contribution >= 0.6 is 0 Å². The predicted molar refractivity (Wildman–Crippen MR) is 245 cm³/mol. The zero-order valence-corrected chi connectivity index (χ0v) is 33.1. The number of allylic oxidation sites excluding steroid dienone is 7. The number of benzene rings is 7. The molecule has 7 aromatic carbocycles. The fourth-order valence-electron chi connectivity index (χ4n) is 10.3. The van der Waals surface area contributed by atoms with Crippen LogP contribution < -0.4 is 10.1 Å². The van der Waals surface area contributed by atoms with Crippen molar-refractivity contribution in [2.75, 3.05) is 0 Å². The maximum atomic E-state index is 6.73. The molecule has 2 aliphatic heterocycles. The molecule has 0 saturated heterocycles. The Balaban J connectivity index is 0.920. The summed E-state index contributed by atoms with van der Waals surface area (Å²) in [5, 5.41) is 6.09. The van der Waals surface area contributed by atoms with Gasteiger partial charge in [0, 0.05) is 22.6 Å². The van der Waals surface area contributed by atoms with Gasteiger partial charge in [-0.2, -0.15) is 0 Å². The zero-order valence-electron chi connectivity index (χ0n) is 33.1. The number of hydrogen-bond donors (Lipinski definition) is 1. The zero-order chi connectivity index (χ0) is 39.6. The van der Waals surface area contributed by atoms with Gasteiger partial charge in [-0.3, -0.25) is 0 Å². The van der Waals surface area contributed by atoms with Crippen molar-refractivity contribution in [2.45, 2.75) is 30.8 Å². The van der Waals surface area contributed by atoms with Gasteiger partial charge >= 0.3 is 0 Å². The molecular weight excluding hydrogens is 731 g/mol. The molecule has 3 atom stereocenters. The van der Waals surface area contributed by atoms with Crippen LogP contribution in [0, 0.1) is 5.92 Å². The molecule has 286 valence electrons. The van der Waals surface area contributed by atoms with Gasteiger partial charge in [0.1, 0.15) is 23.5 Å². The van der Waals surface area contributed by atoms with Crippen LogP contribution in [0.25, 0.3) is 33.0 Å². The molecule has 4 nitrogen and oxygen atoms in total. The number of fused-ring (bicyclic) bond motifs is 9. The largest absolute Gasteiger partial charge is 0.457 e. The molecule has 0 fully saturated rings. The highest BCUT2D eigenvalue weighted by molar-refractivity contribution is 6.17. The molecule has 1 spiro atoms. The van der Waals surface area contributed by atoms with Crippen LogP contribution in [0.5, 0.6) is 11.5 Å². The Kier molecular flexibility index (Phi) is 8.06. The van der Waals surface area contributed by atoms with E-state index in [1.54, 1.807) is 0 Å². The molecule has 0 amide bonds. The number of nitrogens with zero attached hydrogens (tertiary/aromatic N) is 2. The first kappa shape index (κ1) is 34.7. The number of aliphatic imine (C=N–C) groups is 2. The molecule has 5 aliphatic rings. The minimum absolute atomic E-state index is 0.0583. The fourth-order valence-corrected chi connectivity index (χ4v) is 10.3. The molecule has 3 aliphatic carbocycles. The summed E-state index contributed by atoms with van der Waals surface area (Å²) in [7, 11) is 0. The summed E-state index contributed by atoms with van der Waals surface area (Å²) in [5.74, 6) is 3.60. The van der Waals surface area contributed by atoms with E-state index >= 15 is 0 Å². The van der Waals surface area contributed by atoms with Crippen LogP contribution in [-0.2, 0) is 5.41 Å². The normalized spacial score (nSPS) is 20.9. The Labute approximate surface area is 350 Å². The molecule has 0 saturated carbocycles. The van der Waals surface area contributed by atoms with Gasteiger partial charge in [-0.25, -0.2) is 9.98 Å². The highest BCUT2D eigenvalue weighted by atomic mass is 16.5. The van der Waals surface area contributed by atoms with E-state index in [1.165, 1.54) is 61.0 Å². The number of hydrogen-bond acceptors (Lipinski definition) is 4. The summed E-state index contributed by atoms with van der Waals surface area (Å²) in [4.78, 5) is 10.6. The lowest BCUT2D eigenvalue weighted by atomic mass is 9.63. The molecule has 2 heterocycles. The van der Waals surface area contributed by atoms with Crippen LogP contribution in [0.3, 0.4) is 0 Å². The van der Waals surface area contributed by atoms with E-state index in [-0.39, 0.29) is 12.1 Å². The minimum Gasteiger partial charge on any atom is -0.457 e. The topological polar surface area (TPSA) is 46.0 Å². The van der Waals surface area contributed by atoms with Gasteiger partial charge in [0.2, 0.25) is 0 Å². The second-order valence-electron chi connectivity index (χ2n) is 16.3. The monoisotopic (exact) mass is 771 g/mol. The molecular formula is C56H41N3O. The average molecular weight is 772 g/mol. The van der Waals surface area contributed by atoms with Crippen molar-refractivity contribution >= 4 is 33.6 Å². The molecule has 0 aromatic heterocycles. The average Bonchev–Trinajstić information content (AvgIpc) is 3.62. The lowest BCUT2D eigenvalue weighted by Crippen LogP contribution is -2.37. The van der Waals surface area contributed by atoms with Gasteiger partial charge in [0.05, 0.1) is 5.41 Å². The van der Waals surface area contributed by atoms with E-state index in [1.807, 2.05) is 0 Å². The Morgan fingerprint density at radius 2 is 1.32 bits per heavy atom. The van der Waals surface area contributed by atoms with Crippen molar-refractivity contribution in [1.82, 2.24) is 5.32 Å². The summed E-state index contributed by atoms with van der Waals surface area (Å²) in [6.07, 6.45) is 14.3. The smallest absolute Gasteiger partial charge is 0.159 e. The van der Waals surface area contributed by atoms with E-state index in [4.69, 9.17) is 14.7 Å². The molecule has 60 heavy (non-hydrogen) atoms. The summed E-state index contributed by atoms with van der Waals surface area (Å²) >= 11 is 0. The van der Waals surface area contributed by atoms with Crippen molar-refractivity contribution in [2.24, 2.45) is 15.9 Å². The van der Waals surface area contributed by atoms with E-state index in [0.29, 0.717) is 0 Å².